The molecule has 0 spiro atoms. The maximum atomic E-state index is 10.9. The van der Waals surface area contributed by atoms with E-state index in [2.05, 4.69) is 10.6 Å². The summed E-state index contributed by atoms with van der Waals surface area (Å²) in [5.74, 6) is 0. The predicted molar refractivity (Wildman–Crippen MR) is 67.5 cm³/mol. The molecule has 1 aromatic carbocycles. The van der Waals surface area contributed by atoms with Crippen LogP contribution in [0, 0.1) is 10.1 Å². The van der Waals surface area contributed by atoms with Gasteiger partial charge in [-0.15, -0.1) is 0 Å². The minimum atomic E-state index is -1.16. The summed E-state index contributed by atoms with van der Waals surface area (Å²) in [6, 6.07) is 4.31. The third kappa shape index (κ3) is 3.16. The van der Waals surface area contributed by atoms with Crippen LogP contribution >= 0.6 is 0 Å². The number of aliphatic hydroxyl groups excluding tert-OH is 2. The number of anilines is 1. The van der Waals surface area contributed by atoms with Crippen LogP contribution in [-0.4, -0.2) is 41.9 Å². The molecule has 1 rings (SSSR count). The third-order valence-corrected chi connectivity index (χ3v) is 2.61. The maximum absolute atomic E-state index is 10.9. The van der Waals surface area contributed by atoms with Crippen molar-refractivity contribution >= 4 is 11.4 Å². The van der Waals surface area contributed by atoms with Crippen molar-refractivity contribution in [3.8, 4) is 0 Å². The fourth-order valence-electron chi connectivity index (χ4n) is 1.64. The van der Waals surface area contributed by atoms with Crippen molar-refractivity contribution in [2.45, 2.75) is 12.2 Å². The number of aliphatic hydroxyl groups is 2. The molecule has 0 heterocycles. The van der Waals surface area contributed by atoms with Crippen molar-refractivity contribution in [1.29, 1.82) is 0 Å². The van der Waals surface area contributed by atoms with E-state index in [9.17, 15) is 20.3 Å². The Kier molecular flexibility index (Phi) is 5.02. The van der Waals surface area contributed by atoms with Gasteiger partial charge in [0, 0.05) is 19.7 Å². The van der Waals surface area contributed by atoms with E-state index in [1.807, 2.05) is 0 Å². The lowest BCUT2D eigenvalue weighted by Crippen LogP contribution is -2.29. The molecule has 0 amide bonds. The zero-order valence-corrected chi connectivity index (χ0v) is 10.3. The minimum absolute atomic E-state index is 0.134. The van der Waals surface area contributed by atoms with Crippen LogP contribution in [0.2, 0.25) is 0 Å². The Morgan fingerprint density at radius 1 is 1.39 bits per heavy atom. The van der Waals surface area contributed by atoms with Crippen LogP contribution in [0.4, 0.5) is 11.4 Å². The van der Waals surface area contributed by atoms with Gasteiger partial charge in [0.1, 0.15) is 11.8 Å². The quantitative estimate of drug-likeness (QED) is 0.429. The lowest BCUT2D eigenvalue weighted by Gasteiger charge is -2.18. The van der Waals surface area contributed by atoms with Crippen LogP contribution in [-0.2, 0) is 0 Å². The number of nitrogens with one attached hydrogen (secondary N) is 2. The van der Waals surface area contributed by atoms with Gasteiger partial charge in [-0.25, -0.2) is 0 Å². The summed E-state index contributed by atoms with van der Waals surface area (Å²) in [7, 11) is 3.22. The number of hydrogen-bond acceptors (Lipinski definition) is 6. The van der Waals surface area contributed by atoms with Gasteiger partial charge >= 0.3 is 0 Å². The number of likely N-dealkylation sites (N-methyl/N-ethyl adjacent to an activating group) is 1. The molecule has 0 saturated carbocycles. The van der Waals surface area contributed by atoms with Crippen molar-refractivity contribution in [3.63, 3.8) is 0 Å². The minimum Gasteiger partial charge on any atom is -0.389 e. The van der Waals surface area contributed by atoms with Crippen molar-refractivity contribution in [2.75, 3.05) is 26.0 Å². The Bertz CT molecular complexity index is 425. The van der Waals surface area contributed by atoms with Crippen LogP contribution in [0.25, 0.3) is 0 Å². The number of rotatable bonds is 6. The molecule has 0 bridgehead atoms. The average Bonchev–Trinajstić information content (AvgIpc) is 2.37. The van der Waals surface area contributed by atoms with E-state index in [-0.39, 0.29) is 12.2 Å². The maximum Gasteiger partial charge on any atom is 0.292 e. The van der Waals surface area contributed by atoms with E-state index in [1.54, 1.807) is 20.2 Å². The molecule has 0 aliphatic rings. The second-order valence-corrected chi connectivity index (χ2v) is 3.85. The van der Waals surface area contributed by atoms with E-state index in [0.717, 1.165) is 0 Å². The van der Waals surface area contributed by atoms with Crippen LogP contribution < -0.4 is 10.6 Å². The fourth-order valence-corrected chi connectivity index (χ4v) is 1.64. The highest BCUT2D eigenvalue weighted by Crippen LogP contribution is 2.28. The van der Waals surface area contributed by atoms with Gasteiger partial charge in [0.25, 0.3) is 5.69 Å². The number of hydrogen-bond donors (Lipinski definition) is 4. The SMILES string of the molecule is CNCC(O)C(O)c1ccc(NC)c([N+](=O)[O-])c1. The highest BCUT2D eigenvalue weighted by Gasteiger charge is 2.21. The monoisotopic (exact) mass is 255 g/mol. The van der Waals surface area contributed by atoms with Crippen LogP contribution in [0.1, 0.15) is 11.7 Å². The summed E-state index contributed by atoms with van der Waals surface area (Å²) in [6.45, 7) is 0.197. The molecule has 100 valence electrons. The standard InChI is InChI=1S/C11H17N3O4/c1-12-6-10(15)11(16)7-3-4-8(13-2)9(5-7)14(17)18/h3-5,10-13,15-16H,6H2,1-2H3. The molecule has 0 aromatic heterocycles. The van der Waals surface area contributed by atoms with Crippen LogP contribution in [0.15, 0.2) is 18.2 Å². The molecule has 1 aromatic rings. The van der Waals surface area contributed by atoms with Crippen LogP contribution in [0.3, 0.4) is 0 Å². The topological polar surface area (TPSA) is 108 Å². The molecule has 2 atom stereocenters. The fraction of sp³-hybridized carbons (Fsp3) is 0.455. The molecule has 0 aliphatic heterocycles. The van der Waals surface area contributed by atoms with Crippen molar-refractivity contribution < 1.29 is 15.1 Å². The Morgan fingerprint density at radius 2 is 2.06 bits per heavy atom. The van der Waals surface area contributed by atoms with Crippen LogP contribution in [0.5, 0.6) is 0 Å². The van der Waals surface area contributed by atoms with Gasteiger partial charge in [-0.2, -0.15) is 0 Å². The van der Waals surface area contributed by atoms with Crippen molar-refractivity contribution in [2.24, 2.45) is 0 Å². The number of nitro benzene ring substituents is 1. The zero-order chi connectivity index (χ0) is 13.7. The average molecular weight is 255 g/mol. The predicted octanol–water partition coefficient (Wildman–Crippen LogP) is 0.250. The lowest BCUT2D eigenvalue weighted by atomic mass is 10.0. The second-order valence-electron chi connectivity index (χ2n) is 3.85. The van der Waals surface area contributed by atoms with Crippen molar-refractivity contribution in [3.05, 3.63) is 33.9 Å². The van der Waals surface area contributed by atoms with Gasteiger partial charge in [0.2, 0.25) is 0 Å². The molecule has 0 saturated heterocycles. The van der Waals surface area contributed by atoms with E-state index in [0.29, 0.717) is 11.3 Å². The summed E-state index contributed by atoms with van der Waals surface area (Å²) in [4.78, 5) is 10.3. The lowest BCUT2D eigenvalue weighted by molar-refractivity contribution is -0.384. The first-order valence-corrected chi connectivity index (χ1v) is 5.48. The van der Waals surface area contributed by atoms with Gasteiger partial charge in [-0.3, -0.25) is 10.1 Å². The summed E-state index contributed by atoms with van der Waals surface area (Å²) >= 11 is 0. The van der Waals surface area contributed by atoms with Crippen molar-refractivity contribution in [1.82, 2.24) is 5.32 Å². The zero-order valence-electron chi connectivity index (χ0n) is 10.3. The number of nitrogens with zero attached hydrogens (tertiary/aromatic N) is 1. The molecule has 0 aliphatic carbocycles. The van der Waals surface area contributed by atoms with Gasteiger partial charge in [0.05, 0.1) is 11.0 Å². The Hall–Kier alpha value is -1.70. The highest BCUT2D eigenvalue weighted by molar-refractivity contribution is 5.62. The molecular formula is C11H17N3O4. The summed E-state index contributed by atoms with van der Waals surface area (Å²) in [6.07, 6.45) is -2.18. The van der Waals surface area contributed by atoms with Gasteiger partial charge in [-0.1, -0.05) is 6.07 Å². The van der Waals surface area contributed by atoms with E-state index in [1.165, 1.54) is 12.1 Å². The first-order chi connectivity index (χ1) is 8.51. The molecule has 0 fully saturated rings. The molecule has 0 radical (unpaired) electrons. The molecule has 7 heteroatoms. The van der Waals surface area contributed by atoms with Gasteiger partial charge in [0.15, 0.2) is 0 Å². The third-order valence-electron chi connectivity index (χ3n) is 2.61. The summed E-state index contributed by atoms with van der Waals surface area (Å²) < 4.78 is 0. The first kappa shape index (κ1) is 14.4. The summed E-state index contributed by atoms with van der Waals surface area (Å²) in [5, 5.41) is 35.8. The molecule has 2 unspecified atom stereocenters. The second kappa shape index (κ2) is 6.29. The van der Waals surface area contributed by atoms with Gasteiger partial charge < -0.3 is 20.8 Å². The summed E-state index contributed by atoms with van der Waals surface area (Å²) in [5.41, 5.74) is 0.535. The van der Waals surface area contributed by atoms with E-state index < -0.39 is 17.1 Å². The molecule has 4 N–H and O–H groups in total. The smallest absolute Gasteiger partial charge is 0.292 e. The Morgan fingerprint density at radius 3 is 2.56 bits per heavy atom. The molecular weight excluding hydrogens is 238 g/mol. The van der Waals surface area contributed by atoms with Gasteiger partial charge in [-0.05, 0) is 18.7 Å². The highest BCUT2D eigenvalue weighted by atomic mass is 16.6. The normalized spacial score (nSPS) is 14.0. The Labute approximate surface area is 105 Å². The van der Waals surface area contributed by atoms with E-state index >= 15 is 0 Å². The molecule has 18 heavy (non-hydrogen) atoms. The number of nitro groups is 1. The number of benzene rings is 1. The first-order valence-electron chi connectivity index (χ1n) is 5.48. The molecule has 7 nitrogen and oxygen atoms in total. The van der Waals surface area contributed by atoms with E-state index in [4.69, 9.17) is 0 Å². The Balaban J connectivity index is 3.04. The largest absolute Gasteiger partial charge is 0.389 e.